The van der Waals surface area contributed by atoms with Crippen LogP contribution >= 0.6 is 0 Å². The first-order valence-corrected chi connectivity index (χ1v) is 3.79. The largest absolute Gasteiger partial charge is 0.320 e. The molecule has 0 aliphatic carbocycles. The van der Waals surface area contributed by atoms with Crippen LogP contribution in [-0.4, -0.2) is 12.5 Å². The van der Waals surface area contributed by atoms with Gasteiger partial charge in [0, 0.05) is 0 Å². The molecular weight excluding hydrogens is 173 g/mol. The van der Waals surface area contributed by atoms with Crippen LogP contribution in [0.2, 0.25) is 0 Å². The van der Waals surface area contributed by atoms with Crippen molar-refractivity contribution >= 4 is 17.3 Å². The quantitative estimate of drug-likeness (QED) is 0.571. The molecule has 5 heteroatoms. The lowest BCUT2D eigenvalue weighted by molar-refractivity contribution is -0.115. The number of nitrogens with zero attached hydrogens (tertiary/aromatic N) is 1. The zero-order valence-electron chi connectivity index (χ0n) is 6.75. The Kier molecular flexibility index (Phi) is 1.66. The van der Waals surface area contributed by atoms with Gasteiger partial charge in [0.1, 0.15) is 18.0 Å². The van der Waals surface area contributed by atoms with Gasteiger partial charge in [0.2, 0.25) is 5.91 Å². The normalized spacial score (nSPS) is 15.2. The van der Waals surface area contributed by atoms with Gasteiger partial charge < -0.3 is 5.32 Å². The predicted octanol–water partition coefficient (Wildman–Crippen LogP) is 0.458. The zero-order chi connectivity index (χ0) is 9.42. The molecule has 0 fully saturated rings. The molecule has 1 aromatic rings. The second-order valence-corrected chi connectivity index (χ2v) is 2.81. The Balaban J connectivity index is 2.54. The highest BCUT2D eigenvalue weighted by atomic mass is 19.1. The van der Waals surface area contributed by atoms with Crippen molar-refractivity contribution in [2.75, 3.05) is 16.9 Å². The van der Waals surface area contributed by atoms with Crippen molar-refractivity contribution in [3.63, 3.8) is 0 Å². The number of hydrazine groups is 1. The molecule has 0 radical (unpaired) electrons. The van der Waals surface area contributed by atoms with Crippen molar-refractivity contribution in [3.05, 3.63) is 24.0 Å². The summed E-state index contributed by atoms with van der Waals surface area (Å²) in [5, 5.41) is 3.64. The number of amides is 1. The molecule has 4 nitrogen and oxygen atoms in total. The maximum Gasteiger partial charge on any atom is 0.245 e. The third kappa shape index (κ3) is 1.23. The average Bonchev–Trinajstić information content (AvgIpc) is 2.07. The molecule has 0 saturated carbocycles. The highest BCUT2D eigenvalue weighted by Gasteiger charge is 2.21. The number of anilines is 2. The van der Waals surface area contributed by atoms with Gasteiger partial charge in [0.05, 0.1) is 5.69 Å². The van der Waals surface area contributed by atoms with Crippen molar-refractivity contribution < 1.29 is 9.18 Å². The van der Waals surface area contributed by atoms with Crippen LogP contribution in [0, 0.1) is 5.82 Å². The number of benzene rings is 1. The van der Waals surface area contributed by atoms with Gasteiger partial charge >= 0.3 is 0 Å². The van der Waals surface area contributed by atoms with Crippen molar-refractivity contribution in [2.45, 2.75) is 0 Å². The first kappa shape index (κ1) is 8.00. The van der Waals surface area contributed by atoms with E-state index in [1.165, 1.54) is 11.1 Å². The summed E-state index contributed by atoms with van der Waals surface area (Å²) in [5.74, 6) is 4.73. The van der Waals surface area contributed by atoms with E-state index < -0.39 is 5.82 Å². The summed E-state index contributed by atoms with van der Waals surface area (Å²) >= 11 is 0. The number of fused-ring (bicyclic) bond motifs is 1. The number of halogens is 1. The monoisotopic (exact) mass is 181 g/mol. The van der Waals surface area contributed by atoms with Crippen LogP contribution in [0.5, 0.6) is 0 Å². The molecule has 0 unspecified atom stereocenters. The first-order valence-electron chi connectivity index (χ1n) is 3.79. The fourth-order valence-corrected chi connectivity index (χ4v) is 1.29. The van der Waals surface area contributed by atoms with Gasteiger partial charge in [-0.05, 0) is 12.1 Å². The van der Waals surface area contributed by atoms with E-state index in [1.54, 1.807) is 12.1 Å². The van der Waals surface area contributed by atoms with Crippen LogP contribution in [0.1, 0.15) is 0 Å². The molecule has 0 aromatic heterocycles. The summed E-state index contributed by atoms with van der Waals surface area (Å²) in [6, 6.07) is 4.47. The van der Waals surface area contributed by atoms with E-state index in [1.807, 2.05) is 0 Å². The molecule has 0 saturated heterocycles. The van der Waals surface area contributed by atoms with Gasteiger partial charge in [-0.2, -0.15) is 0 Å². The molecule has 1 amide bonds. The molecule has 1 heterocycles. The molecule has 3 N–H and O–H groups in total. The lowest BCUT2D eigenvalue weighted by Gasteiger charge is -2.26. The van der Waals surface area contributed by atoms with E-state index >= 15 is 0 Å². The van der Waals surface area contributed by atoms with Crippen molar-refractivity contribution in [2.24, 2.45) is 5.84 Å². The molecule has 1 aromatic carbocycles. The third-order valence-corrected chi connectivity index (χ3v) is 1.88. The van der Waals surface area contributed by atoms with Crippen molar-refractivity contribution in [1.82, 2.24) is 0 Å². The number of carbonyl (C=O) groups excluding carboxylic acids is 1. The Morgan fingerprint density at radius 3 is 3.08 bits per heavy atom. The second-order valence-electron chi connectivity index (χ2n) is 2.81. The van der Waals surface area contributed by atoms with E-state index in [2.05, 4.69) is 5.32 Å². The molecule has 2 rings (SSSR count). The summed E-state index contributed by atoms with van der Waals surface area (Å²) in [4.78, 5) is 11.0. The maximum absolute atomic E-state index is 13.1. The number of carbonyl (C=O) groups is 1. The minimum Gasteiger partial charge on any atom is -0.320 e. The van der Waals surface area contributed by atoms with E-state index in [9.17, 15) is 9.18 Å². The van der Waals surface area contributed by atoms with E-state index in [0.717, 1.165) is 0 Å². The van der Waals surface area contributed by atoms with Gasteiger partial charge in [0.25, 0.3) is 0 Å². The van der Waals surface area contributed by atoms with Gasteiger partial charge in [-0.15, -0.1) is 0 Å². The van der Waals surface area contributed by atoms with Crippen LogP contribution in [-0.2, 0) is 4.79 Å². The number of para-hydroxylation sites is 1. The maximum atomic E-state index is 13.1. The second kappa shape index (κ2) is 2.70. The van der Waals surface area contributed by atoms with Crippen molar-refractivity contribution in [3.8, 4) is 0 Å². The fraction of sp³-hybridized carbons (Fsp3) is 0.125. The summed E-state index contributed by atoms with van der Waals surface area (Å²) < 4.78 is 13.1. The Morgan fingerprint density at radius 2 is 2.31 bits per heavy atom. The zero-order valence-corrected chi connectivity index (χ0v) is 6.75. The molecule has 0 bridgehead atoms. The predicted molar refractivity (Wildman–Crippen MR) is 46.6 cm³/mol. The van der Waals surface area contributed by atoms with Crippen LogP contribution < -0.4 is 16.2 Å². The Bertz CT molecular complexity index is 366. The number of hydrogen-bond acceptors (Lipinski definition) is 3. The van der Waals surface area contributed by atoms with E-state index in [-0.39, 0.29) is 18.1 Å². The third-order valence-electron chi connectivity index (χ3n) is 1.88. The fourth-order valence-electron chi connectivity index (χ4n) is 1.29. The summed E-state index contributed by atoms with van der Waals surface area (Å²) in [7, 11) is 0. The number of hydrogen-bond donors (Lipinski definition) is 2. The lowest BCUT2D eigenvalue weighted by Crippen LogP contribution is -2.43. The molecule has 68 valence electrons. The van der Waals surface area contributed by atoms with Gasteiger partial charge in [0.15, 0.2) is 0 Å². The summed E-state index contributed by atoms with van der Waals surface area (Å²) in [6.07, 6.45) is 0. The van der Waals surface area contributed by atoms with Crippen molar-refractivity contribution in [1.29, 1.82) is 0 Å². The molecule has 13 heavy (non-hydrogen) atoms. The summed E-state index contributed by atoms with van der Waals surface area (Å²) in [5.41, 5.74) is 0.654. The van der Waals surface area contributed by atoms with Crippen LogP contribution in [0.4, 0.5) is 15.8 Å². The highest BCUT2D eigenvalue weighted by Crippen LogP contribution is 2.29. The number of nitrogens with one attached hydrogen (secondary N) is 1. The molecule has 0 atom stereocenters. The summed E-state index contributed by atoms with van der Waals surface area (Å²) in [6.45, 7) is 0.0520. The highest BCUT2D eigenvalue weighted by molar-refractivity contribution is 6.00. The minimum atomic E-state index is -0.471. The minimum absolute atomic E-state index is 0.0520. The van der Waals surface area contributed by atoms with Crippen LogP contribution in [0.3, 0.4) is 0 Å². The Morgan fingerprint density at radius 1 is 1.54 bits per heavy atom. The van der Waals surface area contributed by atoms with Crippen LogP contribution in [0.15, 0.2) is 18.2 Å². The number of rotatable bonds is 0. The van der Waals surface area contributed by atoms with Gasteiger partial charge in [-0.3, -0.25) is 9.80 Å². The lowest BCUT2D eigenvalue weighted by atomic mass is 10.2. The SMILES string of the molecule is NN1CC(=O)Nc2c(F)cccc21. The first-order chi connectivity index (χ1) is 6.18. The smallest absolute Gasteiger partial charge is 0.245 e. The Hall–Kier alpha value is -1.62. The van der Waals surface area contributed by atoms with Gasteiger partial charge in [-0.1, -0.05) is 6.07 Å². The molecule has 1 aliphatic heterocycles. The molecule has 0 spiro atoms. The van der Waals surface area contributed by atoms with Crippen LogP contribution in [0.25, 0.3) is 0 Å². The Labute approximate surface area is 74.1 Å². The average molecular weight is 181 g/mol. The van der Waals surface area contributed by atoms with E-state index in [0.29, 0.717) is 5.69 Å². The molecule has 1 aliphatic rings. The standard InChI is InChI=1S/C8H8FN3O/c9-5-2-1-3-6-8(5)11-7(13)4-12(6)10/h1-3H,4,10H2,(H,11,13). The van der Waals surface area contributed by atoms with Gasteiger partial charge in [-0.25, -0.2) is 10.2 Å². The number of nitrogens with two attached hydrogens (primary N) is 1. The topological polar surface area (TPSA) is 58.4 Å². The van der Waals surface area contributed by atoms with E-state index in [4.69, 9.17) is 5.84 Å². The molecular formula is C8H8FN3O.